The van der Waals surface area contributed by atoms with Crippen LogP contribution < -0.4 is 11.1 Å². The minimum atomic E-state index is -4.25. The fraction of sp³-hybridized carbons (Fsp3) is 0.444. The molecular weight excluding hydrogens is 287 g/mol. The maximum atomic E-state index is 12.7. The van der Waals surface area contributed by atoms with Crippen molar-refractivity contribution in [2.75, 3.05) is 11.1 Å². The summed E-state index contributed by atoms with van der Waals surface area (Å²) in [5.74, 6) is 0.170. The number of aromatic nitrogens is 1. The van der Waals surface area contributed by atoms with E-state index in [1.165, 1.54) is 12.3 Å². The maximum Gasteiger partial charge on any atom is 0.411 e. The summed E-state index contributed by atoms with van der Waals surface area (Å²) in [6.07, 6.45) is -2.78. The van der Waals surface area contributed by atoms with Gasteiger partial charge >= 0.3 is 6.18 Å². The molecular formula is C9H9BrF3N3. The molecule has 0 radical (unpaired) electrons. The molecule has 3 nitrogen and oxygen atoms in total. The van der Waals surface area contributed by atoms with E-state index in [1.807, 2.05) is 0 Å². The molecule has 1 aliphatic rings. The Morgan fingerprint density at radius 3 is 2.50 bits per heavy atom. The van der Waals surface area contributed by atoms with Gasteiger partial charge in [-0.1, -0.05) is 0 Å². The summed E-state index contributed by atoms with van der Waals surface area (Å²) in [6.45, 7) is 0. The van der Waals surface area contributed by atoms with Crippen LogP contribution in [0, 0.1) is 0 Å². The number of hydrogen-bond donors (Lipinski definition) is 2. The molecule has 0 aliphatic heterocycles. The van der Waals surface area contributed by atoms with Crippen LogP contribution in [0.3, 0.4) is 0 Å². The molecule has 1 fully saturated rings. The van der Waals surface area contributed by atoms with Gasteiger partial charge in [-0.3, -0.25) is 0 Å². The number of anilines is 2. The highest BCUT2D eigenvalue weighted by Gasteiger charge is 2.63. The van der Waals surface area contributed by atoms with E-state index >= 15 is 0 Å². The first kappa shape index (κ1) is 11.5. The van der Waals surface area contributed by atoms with Gasteiger partial charge in [-0.05, 0) is 34.8 Å². The Morgan fingerprint density at radius 1 is 1.44 bits per heavy atom. The average molecular weight is 296 g/mol. The molecule has 0 spiro atoms. The van der Waals surface area contributed by atoms with Gasteiger partial charge in [0.1, 0.15) is 11.4 Å². The number of pyridine rings is 1. The van der Waals surface area contributed by atoms with Crippen molar-refractivity contribution in [2.24, 2.45) is 0 Å². The zero-order valence-corrected chi connectivity index (χ0v) is 9.69. The monoisotopic (exact) mass is 295 g/mol. The second-order valence-electron chi connectivity index (χ2n) is 3.80. The number of nitrogens with zero attached hydrogens (tertiary/aromatic N) is 1. The number of nitrogens with two attached hydrogens (primary N) is 1. The fourth-order valence-corrected chi connectivity index (χ4v) is 1.84. The molecule has 0 saturated heterocycles. The average Bonchev–Trinajstić information content (AvgIpc) is 2.90. The predicted octanol–water partition coefficient (Wildman–Crippen LogP) is 2.93. The number of nitrogens with one attached hydrogen (secondary N) is 1. The Morgan fingerprint density at radius 2 is 2.06 bits per heavy atom. The van der Waals surface area contributed by atoms with E-state index in [4.69, 9.17) is 5.73 Å². The smallest absolute Gasteiger partial charge is 0.397 e. The highest BCUT2D eigenvalue weighted by atomic mass is 79.9. The van der Waals surface area contributed by atoms with Crippen molar-refractivity contribution in [3.63, 3.8) is 0 Å². The number of nitrogen functional groups attached to an aromatic ring is 1. The summed E-state index contributed by atoms with van der Waals surface area (Å²) >= 11 is 3.12. The third-order valence-corrected chi connectivity index (χ3v) is 3.12. The fourth-order valence-electron chi connectivity index (χ4n) is 1.38. The lowest BCUT2D eigenvalue weighted by molar-refractivity contribution is -0.151. The van der Waals surface area contributed by atoms with Crippen molar-refractivity contribution in [3.8, 4) is 0 Å². The molecule has 1 saturated carbocycles. The molecule has 0 amide bonds. The van der Waals surface area contributed by atoms with Gasteiger partial charge in [0.2, 0.25) is 0 Å². The van der Waals surface area contributed by atoms with E-state index < -0.39 is 11.7 Å². The Hall–Kier alpha value is -0.980. The summed E-state index contributed by atoms with van der Waals surface area (Å²) in [4.78, 5) is 3.83. The Labute approximate surface area is 98.4 Å². The van der Waals surface area contributed by atoms with Crippen LogP contribution in [0.4, 0.5) is 24.7 Å². The second kappa shape index (κ2) is 3.51. The van der Waals surface area contributed by atoms with Crippen LogP contribution in [0.1, 0.15) is 12.8 Å². The van der Waals surface area contributed by atoms with Crippen molar-refractivity contribution < 1.29 is 13.2 Å². The van der Waals surface area contributed by atoms with Gasteiger partial charge in [0.05, 0.1) is 16.4 Å². The quantitative estimate of drug-likeness (QED) is 0.882. The molecule has 16 heavy (non-hydrogen) atoms. The third-order valence-electron chi connectivity index (χ3n) is 2.51. The van der Waals surface area contributed by atoms with Crippen LogP contribution in [0.5, 0.6) is 0 Å². The Bertz CT molecular complexity index is 415. The molecule has 3 N–H and O–H groups in total. The van der Waals surface area contributed by atoms with Crippen molar-refractivity contribution in [1.82, 2.24) is 4.98 Å². The van der Waals surface area contributed by atoms with Crippen molar-refractivity contribution in [1.29, 1.82) is 0 Å². The summed E-state index contributed by atoms with van der Waals surface area (Å²) in [6, 6.07) is 1.52. The normalized spacial score (nSPS) is 18.2. The lowest BCUT2D eigenvalue weighted by Gasteiger charge is -2.21. The van der Waals surface area contributed by atoms with E-state index in [9.17, 15) is 13.2 Å². The SMILES string of the molecule is Nc1cnc(NC2(C(F)(F)F)CC2)c(Br)c1. The Kier molecular flexibility index (Phi) is 2.52. The zero-order chi connectivity index (χ0) is 12.0. The van der Waals surface area contributed by atoms with Crippen molar-refractivity contribution >= 4 is 27.4 Å². The highest BCUT2D eigenvalue weighted by molar-refractivity contribution is 9.10. The topological polar surface area (TPSA) is 50.9 Å². The molecule has 0 atom stereocenters. The standard InChI is InChI=1S/C9H9BrF3N3/c10-6-3-5(14)4-15-7(6)16-8(1-2-8)9(11,12)13/h3-4H,1-2,14H2,(H,15,16). The van der Waals surface area contributed by atoms with Crippen molar-refractivity contribution in [3.05, 3.63) is 16.7 Å². The van der Waals surface area contributed by atoms with Gasteiger partial charge in [-0.15, -0.1) is 0 Å². The molecule has 1 aromatic heterocycles. The van der Waals surface area contributed by atoms with E-state index in [0.717, 1.165) is 0 Å². The zero-order valence-electron chi connectivity index (χ0n) is 8.11. The first-order valence-corrected chi connectivity index (χ1v) is 5.39. The van der Waals surface area contributed by atoms with E-state index in [2.05, 4.69) is 26.2 Å². The Balaban J connectivity index is 2.22. The van der Waals surface area contributed by atoms with Gasteiger partial charge in [0.25, 0.3) is 0 Å². The van der Waals surface area contributed by atoms with Crippen LogP contribution >= 0.6 is 15.9 Å². The van der Waals surface area contributed by atoms with Crippen LogP contribution in [0.2, 0.25) is 0 Å². The molecule has 0 unspecified atom stereocenters. The first-order chi connectivity index (χ1) is 7.34. The van der Waals surface area contributed by atoms with E-state index in [1.54, 1.807) is 0 Å². The molecule has 1 aromatic rings. The minimum Gasteiger partial charge on any atom is -0.397 e. The summed E-state index contributed by atoms with van der Waals surface area (Å²) in [7, 11) is 0. The molecule has 2 rings (SSSR count). The number of alkyl halides is 3. The van der Waals surface area contributed by atoms with Gasteiger partial charge < -0.3 is 11.1 Å². The lowest BCUT2D eigenvalue weighted by atomic mass is 10.2. The highest BCUT2D eigenvalue weighted by Crippen LogP contribution is 2.51. The molecule has 1 aliphatic carbocycles. The van der Waals surface area contributed by atoms with Gasteiger partial charge in [-0.25, -0.2) is 4.98 Å². The number of hydrogen-bond acceptors (Lipinski definition) is 3. The number of rotatable bonds is 2. The van der Waals surface area contributed by atoms with Crippen molar-refractivity contribution in [2.45, 2.75) is 24.6 Å². The third kappa shape index (κ3) is 1.95. The largest absolute Gasteiger partial charge is 0.411 e. The van der Waals surface area contributed by atoms with E-state index in [0.29, 0.717) is 10.2 Å². The lowest BCUT2D eigenvalue weighted by Crippen LogP contribution is -2.39. The predicted molar refractivity (Wildman–Crippen MR) is 58.0 cm³/mol. The minimum absolute atomic E-state index is 0.0784. The first-order valence-electron chi connectivity index (χ1n) is 4.60. The van der Waals surface area contributed by atoms with Gasteiger partial charge in [-0.2, -0.15) is 13.2 Å². The number of halogens is 4. The summed E-state index contributed by atoms with van der Waals surface area (Å²) in [5, 5.41) is 2.43. The molecule has 0 bridgehead atoms. The van der Waals surface area contributed by atoms with Crippen LogP contribution in [0.15, 0.2) is 16.7 Å². The maximum absolute atomic E-state index is 12.7. The van der Waals surface area contributed by atoms with Crippen LogP contribution in [-0.2, 0) is 0 Å². The van der Waals surface area contributed by atoms with Gasteiger partial charge in [0.15, 0.2) is 0 Å². The van der Waals surface area contributed by atoms with E-state index in [-0.39, 0.29) is 18.7 Å². The van der Waals surface area contributed by atoms with Crippen LogP contribution in [-0.4, -0.2) is 16.7 Å². The molecule has 88 valence electrons. The summed E-state index contributed by atoms with van der Waals surface area (Å²) in [5.41, 5.74) is 4.04. The molecule has 1 heterocycles. The van der Waals surface area contributed by atoms with Gasteiger partial charge in [0, 0.05) is 0 Å². The second-order valence-corrected chi connectivity index (χ2v) is 4.66. The van der Waals surface area contributed by atoms with Crippen LogP contribution in [0.25, 0.3) is 0 Å². The summed E-state index contributed by atoms with van der Waals surface area (Å²) < 4.78 is 38.4. The molecule has 0 aromatic carbocycles. The molecule has 7 heteroatoms.